The van der Waals surface area contributed by atoms with E-state index in [1.807, 2.05) is 11.0 Å². The summed E-state index contributed by atoms with van der Waals surface area (Å²) in [5.41, 5.74) is -0.349. The standard InChI is InChI=1S/C18H19F3N6O/c19-18(20,21)14-5-6-15(22-12-14)25-8-3-7-24(10-11-25)13-27-17(28)26-9-2-1-4-16(26)23-27/h1-2,4-6,9,12H,3,7-8,10-11,13H2. The Balaban J connectivity index is 1.43. The van der Waals surface area contributed by atoms with Crippen LogP contribution in [0.4, 0.5) is 19.0 Å². The SMILES string of the molecule is O=c1n(CN2CCCN(c3ccc(C(F)(F)F)cn3)CC2)nc2ccccn12. The smallest absolute Gasteiger partial charge is 0.355 e. The topological polar surface area (TPSA) is 58.7 Å². The molecule has 7 nitrogen and oxygen atoms in total. The Bertz CT molecular complexity index is 1010. The van der Waals surface area contributed by atoms with E-state index < -0.39 is 11.7 Å². The molecule has 0 aliphatic carbocycles. The van der Waals surface area contributed by atoms with Crippen LogP contribution < -0.4 is 10.6 Å². The maximum atomic E-state index is 12.7. The van der Waals surface area contributed by atoms with Crippen LogP contribution in [0.2, 0.25) is 0 Å². The summed E-state index contributed by atoms with van der Waals surface area (Å²) in [5, 5.41) is 4.34. The van der Waals surface area contributed by atoms with Crippen molar-refractivity contribution in [2.45, 2.75) is 19.3 Å². The molecule has 3 aromatic rings. The predicted molar refractivity (Wildman–Crippen MR) is 97.1 cm³/mol. The van der Waals surface area contributed by atoms with E-state index in [-0.39, 0.29) is 5.69 Å². The first kappa shape index (κ1) is 18.5. The molecule has 1 fully saturated rings. The van der Waals surface area contributed by atoms with E-state index in [0.29, 0.717) is 37.8 Å². The van der Waals surface area contributed by atoms with Crippen molar-refractivity contribution in [1.82, 2.24) is 24.1 Å². The number of hydrogen-bond acceptors (Lipinski definition) is 5. The van der Waals surface area contributed by atoms with E-state index in [0.717, 1.165) is 25.2 Å². The third-order valence-electron chi connectivity index (χ3n) is 4.81. The highest BCUT2D eigenvalue weighted by molar-refractivity contribution is 5.40. The molecule has 0 radical (unpaired) electrons. The van der Waals surface area contributed by atoms with Gasteiger partial charge in [0.25, 0.3) is 0 Å². The number of halogens is 3. The van der Waals surface area contributed by atoms with E-state index in [4.69, 9.17) is 0 Å². The molecule has 1 aliphatic rings. The van der Waals surface area contributed by atoms with Crippen molar-refractivity contribution >= 4 is 11.5 Å². The van der Waals surface area contributed by atoms with Crippen molar-refractivity contribution in [3.8, 4) is 0 Å². The lowest BCUT2D eigenvalue weighted by molar-refractivity contribution is -0.137. The average molecular weight is 392 g/mol. The minimum atomic E-state index is -4.39. The van der Waals surface area contributed by atoms with Crippen LogP contribution >= 0.6 is 0 Å². The van der Waals surface area contributed by atoms with Gasteiger partial charge in [-0.05, 0) is 30.7 Å². The van der Waals surface area contributed by atoms with Gasteiger partial charge in [-0.3, -0.25) is 9.30 Å². The largest absolute Gasteiger partial charge is 0.417 e. The number of fused-ring (bicyclic) bond motifs is 1. The maximum absolute atomic E-state index is 12.7. The first-order valence-electron chi connectivity index (χ1n) is 8.96. The Morgan fingerprint density at radius 2 is 1.89 bits per heavy atom. The molecule has 148 valence electrons. The number of rotatable bonds is 3. The highest BCUT2D eigenvalue weighted by Crippen LogP contribution is 2.29. The van der Waals surface area contributed by atoms with E-state index in [9.17, 15) is 18.0 Å². The lowest BCUT2D eigenvalue weighted by Gasteiger charge is -2.22. The molecule has 0 aromatic carbocycles. The Morgan fingerprint density at radius 1 is 1.04 bits per heavy atom. The van der Waals surface area contributed by atoms with Gasteiger partial charge in [-0.2, -0.15) is 17.9 Å². The van der Waals surface area contributed by atoms with Gasteiger partial charge in [0.1, 0.15) is 5.82 Å². The van der Waals surface area contributed by atoms with Crippen molar-refractivity contribution < 1.29 is 13.2 Å². The van der Waals surface area contributed by atoms with Crippen LogP contribution in [0, 0.1) is 0 Å². The fraction of sp³-hybridized carbons (Fsp3) is 0.389. The number of hydrogen-bond donors (Lipinski definition) is 0. The van der Waals surface area contributed by atoms with Crippen LogP contribution in [0.1, 0.15) is 12.0 Å². The molecular formula is C18H19F3N6O. The highest BCUT2D eigenvalue weighted by atomic mass is 19.4. The zero-order valence-corrected chi connectivity index (χ0v) is 15.0. The second-order valence-electron chi connectivity index (χ2n) is 6.71. The van der Waals surface area contributed by atoms with Gasteiger partial charge in [0, 0.05) is 38.6 Å². The monoisotopic (exact) mass is 392 g/mol. The summed E-state index contributed by atoms with van der Waals surface area (Å²) in [6.07, 6.45) is -1.02. The first-order chi connectivity index (χ1) is 13.4. The molecule has 0 bridgehead atoms. The Morgan fingerprint density at radius 3 is 2.61 bits per heavy atom. The van der Waals surface area contributed by atoms with Gasteiger partial charge in [-0.1, -0.05) is 6.07 Å². The molecule has 4 rings (SSSR count). The Labute approximate surface area is 158 Å². The van der Waals surface area contributed by atoms with E-state index >= 15 is 0 Å². The third-order valence-corrected chi connectivity index (χ3v) is 4.81. The summed E-state index contributed by atoms with van der Waals surface area (Å²) >= 11 is 0. The quantitative estimate of drug-likeness (QED) is 0.683. The fourth-order valence-corrected chi connectivity index (χ4v) is 3.33. The molecule has 0 spiro atoms. The molecular weight excluding hydrogens is 373 g/mol. The number of alkyl halides is 3. The van der Waals surface area contributed by atoms with E-state index in [1.54, 1.807) is 18.3 Å². The number of pyridine rings is 2. The zero-order valence-electron chi connectivity index (χ0n) is 15.0. The second kappa shape index (κ2) is 7.27. The maximum Gasteiger partial charge on any atom is 0.417 e. The molecule has 1 aliphatic heterocycles. The van der Waals surface area contributed by atoms with Crippen molar-refractivity contribution in [3.63, 3.8) is 0 Å². The fourth-order valence-electron chi connectivity index (χ4n) is 3.33. The molecule has 28 heavy (non-hydrogen) atoms. The summed E-state index contributed by atoms with van der Waals surface area (Å²) in [4.78, 5) is 20.5. The van der Waals surface area contributed by atoms with E-state index in [2.05, 4.69) is 15.0 Å². The lowest BCUT2D eigenvalue weighted by Crippen LogP contribution is -2.35. The van der Waals surface area contributed by atoms with Gasteiger partial charge in [-0.25, -0.2) is 9.78 Å². The predicted octanol–water partition coefficient (Wildman–Crippen LogP) is 2.08. The third kappa shape index (κ3) is 3.72. The minimum absolute atomic E-state index is 0.193. The molecule has 3 aromatic heterocycles. The van der Waals surface area contributed by atoms with Gasteiger partial charge in [0.15, 0.2) is 5.65 Å². The van der Waals surface area contributed by atoms with E-state index in [1.165, 1.54) is 15.1 Å². The van der Waals surface area contributed by atoms with Gasteiger partial charge in [-0.15, -0.1) is 5.10 Å². The van der Waals surface area contributed by atoms with Gasteiger partial charge in [0.05, 0.1) is 12.2 Å². The van der Waals surface area contributed by atoms with Crippen LogP contribution in [0.15, 0.2) is 47.5 Å². The van der Waals surface area contributed by atoms with Gasteiger partial charge < -0.3 is 4.90 Å². The molecule has 0 N–H and O–H groups in total. The normalized spacial score (nSPS) is 16.5. The van der Waals surface area contributed by atoms with Crippen LogP contribution in [-0.4, -0.2) is 50.2 Å². The second-order valence-corrected chi connectivity index (χ2v) is 6.71. The first-order valence-corrected chi connectivity index (χ1v) is 8.96. The van der Waals surface area contributed by atoms with Crippen LogP contribution in [-0.2, 0) is 12.8 Å². The van der Waals surface area contributed by atoms with Gasteiger partial charge >= 0.3 is 11.9 Å². The molecule has 0 amide bonds. The number of anilines is 1. The van der Waals surface area contributed by atoms with Gasteiger partial charge in [0.2, 0.25) is 0 Å². The highest BCUT2D eigenvalue weighted by Gasteiger charge is 2.31. The summed E-state index contributed by atoms with van der Waals surface area (Å²) in [6.45, 7) is 3.09. The summed E-state index contributed by atoms with van der Waals surface area (Å²) in [7, 11) is 0. The summed E-state index contributed by atoms with van der Waals surface area (Å²) < 4.78 is 41.0. The zero-order chi connectivity index (χ0) is 19.7. The molecule has 0 unspecified atom stereocenters. The number of aromatic nitrogens is 4. The van der Waals surface area contributed by atoms with Crippen molar-refractivity contribution in [1.29, 1.82) is 0 Å². The van der Waals surface area contributed by atoms with Crippen LogP contribution in [0.3, 0.4) is 0 Å². The minimum Gasteiger partial charge on any atom is -0.355 e. The average Bonchev–Trinajstić information content (AvgIpc) is 2.84. The molecule has 4 heterocycles. The Hall–Kier alpha value is -2.88. The molecule has 1 saturated heterocycles. The lowest BCUT2D eigenvalue weighted by atomic mass is 10.2. The van der Waals surface area contributed by atoms with Crippen LogP contribution in [0.25, 0.3) is 5.65 Å². The van der Waals surface area contributed by atoms with Crippen molar-refractivity contribution in [2.24, 2.45) is 0 Å². The number of nitrogens with zero attached hydrogens (tertiary/aromatic N) is 6. The summed E-state index contributed by atoms with van der Waals surface area (Å²) in [5.74, 6) is 0.528. The van der Waals surface area contributed by atoms with Crippen LogP contribution in [0.5, 0.6) is 0 Å². The Kier molecular flexibility index (Phi) is 4.80. The molecule has 0 atom stereocenters. The molecule has 0 saturated carbocycles. The molecule has 10 heteroatoms. The van der Waals surface area contributed by atoms with Crippen molar-refractivity contribution in [3.05, 3.63) is 58.8 Å². The van der Waals surface area contributed by atoms with Crippen molar-refractivity contribution in [2.75, 3.05) is 31.1 Å². The summed E-state index contributed by atoms with van der Waals surface area (Å²) in [6, 6.07) is 7.85.